The summed E-state index contributed by atoms with van der Waals surface area (Å²) in [4.78, 5) is 0. The molecule has 0 heterocycles. The third-order valence-electron chi connectivity index (χ3n) is 2.71. The molecule has 0 atom stereocenters. The molecule has 0 aliphatic heterocycles. The second kappa shape index (κ2) is 5.55. The predicted octanol–water partition coefficient (Wildman–Crippen LogP) is 4.73. The van der Waals surface area contributed by atoms with Crippen LogP contribution in [-0.4, -0.2) is 0 Å². The highest BCUT2D eigenvalue weighted by Gasteiger charge is 2.20. The third-order valence-corrected chi connectivity index (χ3v) is 2.71. The van der Waals surface area contributed by atoms with Gasteiger partial charge in [0.15, 0.2) is 0 Å². The molecular weight excluding hydrogens is 180 g/mol. The highest BCUT2D eigenvalue weighted by molar-refractivity contribution is 5.57. The Bertz CT molecular complexity index is 348. The van der Waals surface area contributed by atoms with E-state index in [2.05, 4.69) is 31.4 Å². The highest BCUT2D eigenvalue weighted by Crippen LogP contribution is 2.38. The van der Waals surface area contributed by atoms with Crippen molar-refractivity contribution in [2.24, 2.45) is 0 Å². The summed E-state index contributed by atoms with van der Waals surface area (Å²) in [7, 11) is 0. The number of rotatable bonds is 1. The van der Waals surface area contributed by atoms with E-state index in [4.69, 9.17) is 0 Å². The van der Waals surface area contributed by atoms with Crippen LogP contribution in [0.4, 0.5) is 0 Å². The zero-order chi connectivity index (χ0) is 11.3. The van der Waals surface area contributed by atoms with Crippen LogP contribution < -0.4 is 0 Å². The first-order valence-corrected chi connectivity index (χ1v) is 5.72. The van der Waals surface area contributed by atoms with E-state index in [0.717, 1.165) is 19.3 Å². The minimum Gasteiger partial charge on any atom is -0.0988 e. The van der Waals surface area contributed by atoms with Gasteiger partial charge in [-0.3, -0.25) is 0 Å². The Morgan fingerprint density at radius 3 is 2.67 bits per heavy atom. The molecule has 2 aliphatic rings. The first-order valence-electron chi connectivity index (χ1n) is 5.72. The van der Waals surface area contributed by atoms with Crippen LogP contribution in [0.15, 0.2) is 59.8 Å². The second-order valence-electron chi connectivity index (χ2n) is 3.53. The Morgan fingerprint density at radius 2 is 2.00 bits per heavy atom. The van der Waals surface area contributed by atoms with Crippen LogP contribution in [0, 0.1) is 0 Å². The Kier molecular flexibility index (Phi) is 4.36. The number of allylic oxidation sites excluding steroid dienone is 8. The van der Waals surface area contributed by atoms with E-state index in [0.29, 0.717) is 0 Å². The van der Waals surface area contributed by atoms with Gasteiger partial charge in [-0.1, -0.05) is 51.3 Å². The van der Waals surface area contributed by atoms with Crippen molar-refractivity contribution >= 4 is 0 Å². The fourth-order valence-electron chi connectivity index (χ4n) is 2.03. The van der Waals surface area contributed by atoms with Crippen molar-refractivity contribution in [3.63, 3.8) is 0 Å². The van der Waals surface area contributed by atoms with E-state index in [1.165, 1.54) is 22.3 Å². The topological polar surface area (TPSA) is 0 Å². The molecule has 0 N–H and O–H groups in total. The van der Waals surface area contributed by atoms with Crippen molar-refractivity contribution in [3.8, 4) is 0 Å². The first-order chi connectivity index (χ1) is 7.33. The van der Waals surface area contributed by atoms with Crippen LogP contribution in [-0.2, 0) is 0 Å². The number of fused-ring (bicyclic) bond motifs is 1. The highest BCUT2D eigenvalue weighted by atomic mass is 14.2. The van der Waals surface area contributed by atoms with Gasteiger partial charge in [-0.2, -0.15) is 0 Å². The van der Waals surface area contributed by atoms with Gasteiger partial charge in [0, 0.05) is 0 Å². The van der Waals surface area contributed by atoms with Crippen molar-refractivity contribution in [2.45, 2.75) is 33.1 Å². The summed E-state index contributed by atoms with van der Waals surface area (Å²) in [6, 6.07) is 0. The minimum atomic E-state index is 0.998. The molecule has 0 heteroatoms. The van der Waals surface area contributed by atoms with Crippen LogP contribution in [0.3, 0.4) is 0 Å². The molecule has 0 aromatic heterocycles. The average molecular weight is 200 g/mol. The van der Waals surface area contributed by atoms with Crippen molar-refractivity contribution in [1.82, 2.24) is 0 Å². The molecule has 0 aromatic carbocycles. The molecule has 1 saturated carbocycles. The molecule has 0 amide bonds. The maximum atomic E-state index is 4.10. The molecule has 0 aromatic rings. The molecule has 15 heavy (non-hydrogen) atoms. The third kappa shape index (κ3) is 2.38. The van der Waals surface area contributed by atoms with Gasteiger partial charge in [-0.25, -0.2) is 0 Å². The second-order valence-corrected chi connectivity index (χ2v) is 3.53. The van der Waals surface area contributed by atoms with Crippen molar-refractivity contribution in [2.75, 3.05) is 0 Å². The van der Waals surface area contributed by atoms with Crippen molar-refractivity contribution in [1.29, 1.82) is 0 Å². The van der Waals surface area contributed by atoms with Crippen LogP contribution >= 0.6 is 0 Å². The van der Waals surface area contributed by atoms with Gasteiger partial charge < -0.3 is 0 Å². The lowest BCUT2D eigenvalue weighted by Crippen LogP contribution is -1.86. The quantitative estimate of drug-likeness (QED) is 0.574. The summed E-state index contributed by atoms with van der Waals surface area (Å²) in [6.45, 7) is 12.0. The smallest absolute Gasteiger partial charge is 0.00884 e. The minimum absolute atomic E-state index is 0.998. The Morgan fingerprint density at radius 1 is 1.27 bits per heavy atom. The van der Waals surface area contributed by atoms with E-state index in [1.54, 1.807) is 0 Å². The fraction of sp³-hybridized carbons (Fsp3) is 0.333. The molecule has 0 radical (unpaired) electrons. The molecular formula is C15H20. The van der Waals surface area contributed by atoms with Crippen molar-refractivity contribution < 1.29 is 0 Å². The Balaban J connectivity index is 0.000000531. The molecule has 2 aliphatic carbocycles. The van der Waals surface area contributed by atoms with Gasteiger partial charge in [0.25, 0.3) is 0 Å². The van der Waals surface area contributed by atoms with E-state index in [9.17, 15) is 0 Å². The fourth-order valence-corrected chi connectivity index (χ4v) is 2.03. The SMILES string of the molecule is C=CC1=C2C(=C)CCC2=CC=CC1.CC. The molecule has 0 spiro atoms. The van der Waals surface area contributed by atoms with Crippen LogP contribution in [0.1, 0.15) is 33.1 Å². The molecule has 2 rings (SSSR count). The van der Waals surface area contributed by atoms with E-state index < -0.39 is 0 Å². The Hall–Kier alpha value is -1.30. The van der Waals surface area contributed by atoms with Gasteiger partial charge in [-0.15, -0.1) is 0 Å². The lowest BCUT2D eigenvalue weighted by Gasteiger charge is -2.05. The summed E-state index contributed by atoms with van der Waals surface area (Å²) in [6.07, 6.45) is 11.8. The zero-order valence-electron chi connectivity index (χ0n) is 9.84. The summed E-state index contributed by atoms with van der Waals surface area (Å²) in [5, 5.41) is 0. The molecule has 0 unspecified atom stereocenters. The summed E-state index contributed by atoms with van der Waals surface area (Å²) in [5.41, 5.74) is 5.43. The summed E-state index contributed by atoms with van der Waals surface area (Å²) in [5.74, 6) is 0. The average Bonchev–Trinajstić information content (AvgIpc) is 2.54. The maximum absolute atomic E-state index is 4.10. The maximum Gasteiger partial charge on any atom is -0.00884 e. The molecule has 0 nitrogen and oxygen atoms in total. The lowest BCUT2D eigenvalue weighted by atomic mass is 9.99. The molecule has 0 bridgehead atoms. The van der Waals surface area contributed by atoms with Gasteiger partial charge in [-0.05, 0) is 41.6 Å². The molecule has 1 fully saturated rings. The standard InChI is InChI=1S/C13H14.C2H6/c1-3-11-6-4-5-7-12-9-8-10(2)13(11)12;1-2/h3-5,7H,1-2,6,8-9H2;1-2H3. The van der Waals surface area contributed by atoms with Crippen LogP contribution in [0.2, 0.25) is 0 Å². The van der Waals surface area contributed by atoms with E-state index in [1.807, 2.05) is 19.9 Å². The van der Waals surface area contributed by atoms with Gasteiger partial charge in [0.1, 0.15) is 0 Å². The normalized spacial score (nSPS) is 18.8. The number of hydrogen-bond acceptors (Lipinski definition) is 0. The van der Waals surface area contributed by atoms with Gasteiger partial charge in [0.2, 0.25) is 0 Å². The molecule has 80 valence electrons. The van der Waals surface area contributed by atoms with E-state index in [-0.39, 0.29) is 0 Å². The van der Waals surface area contributed by atoms with Gasteiger partial charge in [0.05, 0.1) is 0 Å². The summed E-state index contributed by atoms with van der Waals surface area (Å²) >= 11 is 0. The van der Waals surface area contributed by atoms with Crippen molar-refractivity contribution in [3.05, 3.63) is 59.8 Å². The van der Waals surface area contributed by atoms with Gasteiger partial charge >= 0.3 is 0 Å². The molecule has 0 saturated heterocycles. The van der Waals surface area contributed by atoms with Crippen LogP contribution in [0.5, 0.6) is 0 Å². The Labute approximate surface area is 93.4 Å². The van der Waals surface area contributed by atoms with Crippen LogP contribution in [0.25, 0.3) is 0 Å². The number of hydrogen-bond donors (Lipinski definition) is 0. The lowest BCUT2D eigenvalue weighted by molar-refractivity contribution is 1.06. The largest absolute Gasteiger partial charge is 0.0988 e. The van der Waals surface area contributed by atoms with E-state index >= 15 is 0 Å². The first kappa shape index (κ1) is 11.8. The monoisotopic (exact) mass is 200 g/mol. The zero-order valence-corrected chi connectivity index (χ0v) is 9.84. The predicted molar refractivity (Wildman–Crippen MR) is 68.8 cm³/mol. The summed E-state index contributed by atoms with van der Waals surface area (Å²) < 4.78 is 0.